The first-order chi connectivity index (χ1) is 11.8. The number of hydrogen-bond acceptors (Lipinski definition) is 4. The largest absolute Gasteiger partial charge is 0.444 e. The molecule has 1 aliphatic heterocycles. The summed E-state index contributed by atoms with van der Waals surface area (Å²) in [6, 6.07) is 0. The Balaban J connectivity index is 0.00000338. The summed E-state index contributed by atoms with van der Waals surface area (Å²) in [4.78, 5) is 20.6. The molecule has 0 aromatic carbocycles. The summed E-state index contributed by atoms with van der Waals surface area (Å²) >= 11 is 0. The van der Waals surface area contributed by atoms with Gasteiger partial charge >= 0.3 is 6.09 Å². The molecule has 0 atom stereocenters. The zero-order valence-corrected chi connectivity index (χ0v) is 18.8. The second-order valence-electron chi connectivity index (χ2n) is 8.11. The number of piperazine rings is 1. The van der Waals surface area contributed by atoms with E-state index in [1.807, 2.05) is 20.8 Å². The number of rotatable bonds is 6. The number of nitrogens with one attached hydrogen (secondary N) is 1. The van der Waals surface area contributed by atoms with Gasteiger partial charge in [0.05, 0.1) is 0 Å². The van der Waals surface area contributed by atoms with Crippen LogP contribution in [0.15, 0.2) is 4.99 Å². The highest BCUT2D eigenvalue weighted by Crippen LogP contribution is 2.26. The molecule has 0 spiro atoms. The van der Waals surface area contributed by atoms with E-state index in [2.05, 4.69) is 15.2 Å². The van der Waals surface area contributed by atoms with E-state index in [1.165, 1.54) is 19.3 Å². The topological polar surface area (TPSA) is 83.2 Å². The summed E-state index contributed by atoms with van der Waals surface area (Å²) in [7, 11) is 0. The van der Waals surface area contributed by atoms with Gasteiger partial charge in [0.2, 0.25) is 0 Å². The Morgan fingerprint density at radius 3 is 2.42 bits per heavy atom. The number of guanidine groups is 1. The van der Waals surface area contributed by atoms with Crippen LogP contribution in [-0.4, -0.2) is 73.3 Å². The molecule has 2 aliphatic rings. The van der Waals surface area contributed by atoms with Crippen molar-refractivity contribution < 1.29 is 9.53 Å². The molecule has 3 N–H and O–H groups in total. The van der Waals surface area contributed by atoms with Crippen molar-refractivity contribution in [1.29, 1.82) is 0 Å². The van der Waals surface area contributed by atoms with Crippen molar-refractivity contribution in [2.75, 3.05) is 45.8 Å². The molecule has 0 aromatic rings. The van der Waals surface area contributed by atoms with Crippen LogP contribution in [0.3, 0.4) is 0 Å². The maximum absolute atomic E-state index is 12.0. The van der Waals surface area contributed by atoms with E-state index in [0.717, 1.165) is 58.2 Å². The first-order valence-electron chi connectivity index (χ1n) is 9.57. The second kappa shape index (κ2) is 11.2. The lowest BCUT2D eigenvalue weighted by molar-refractivity contribution is 0.0145. The predicted octanol–water partition coefficient (Wildman–Crippen LogP) is 2.25. The van der Waals surface area contributed by atoms with Crippen LogP contribution in [0.25, 0.3) is 0 Å². The number of carbonyl (C=O) groups excluding carboxylic acids is 1. The molecule has 0 aromatic heterocycles. The van der Waals surface area contributed by atoms with E-state index in [-0.39, 0.29) is 30.1 Å². The van der Waals surface area contributed by atoms with Crippen LogP contribution in [0.2, 0.25) is 0 Å². The van der Waals surface area contributed by atoms with E-state index in [4.69, 9.17) is 10.5 Å². The monoisotopic (exact) mass is 481 g/mol. The van der Waals surface area contributed by atoms with Crippen LogP contribution in [0, 0.1) is 5.92 Å². The molecule has 1 saturated heterocycles. The summed E-state index contributed by atoms with van der Waals surface area (Å²) in [5, 5.41) is 3.20. The lowest BCUT2D eigenvalue weighted by atomic mass is 9.86. The van der Waals surface area contributed by atoms with Crippen LogP contribution in [0.5, 0.6) is 0 Å². The van der Waals surface area contributed by atoms with Gasteiger partial charge in [-0.2, -0.15) is 0 Å². The smallest absolute Gasteiger partial charge is 0.410 e. The molecule has 0 unspecified atom stereocenters. The third-order valence-corrected chi connectivity index (χ3v) is 4.73. The van der Waals surface area contributed by atoms with Gasteiger partial charge in [0.15, 0.2) is 5.96 Å². The van der Waals surface area contributed by atoms with Gasteiger partial charge in [0, 0.05) is 39.3 Å². The van der Waals surface area contributed by atoms with Crippen molar-refractivity contribution in [3.05, 3.63) is 0 Å². The van der Waals surface area contributed by atoms with Gasteiger partial charge in [-0.05, 0) is 52.5 Å². The number of nitrogens with zero attached hydrogens (tertiary/aromatic N) is 3. The SMILES string of the molecule is CC(C)(C)OC(=O)N1CCN(CCCNC(N)=NCC2CCC2)CC1.I. The van der Waals surface area contributed by atoms with Gasteiger partial charge in [0.25, 0.3) is 0 Å². The number of halogens is 1. The lowest BCUT2D eigenvalue weighted by Crippen LogP contribution is -2.50. The average molecular weight is 481 g/mol. The summed E-state index contributed by atoms with van der Waals surface area (Å²) in [6.07, 6.45) is 4.75. The van der Waals surface area contributed by atoms with Gasteiger partial charge in [0.1, 0.15) is 5.60 Å². The highest BCUT2D eigenvalue weighted by Gasteiger charge is 2.25. The predicted molar refractivity (Wildman–Crippen MR) is 116 cm³/mol. The maximum Gasteiger partial charge on any atom is 0.410 e. The van der Waals surface area contributed by atoms with Crippen molar-refractivity contribution >= 4 is 36.0 Å². The van der Waals surface area contributed by atoms with Gasteiger partial charge in [-0.15, -0.1) is 24.0 Å². The van der Waals surface area contributed by atoms with Gasteiger partial charge < -0.3 is 20.7 Å². The molecular weight excluding hydrogens is 445 g/mol. The fourth-order valence-corrected chi connectivity index (χ4v) is 2.96. The molecular formula is C18H36IN5O2. The fraction of sp³-hybridized carbons (Fsp3) is 0.889. The number of nitrogens with two attached hydrogens (primary N) is 1. The number of hydrogen-bond donors (Lipinski definition) is 2. The zero-order valence-electron chi connectivity index (χ0n) is 16.5. The molecule has 1 amide bonds. The molecule has 2 rings (SSSR count). The van der Waals surface area contributed by atoms with E-state index < -0.39 is 5.60 Å². The minimum absolute atomic E-state index is 0. The minimum Gasteiger partial charge on any atom is -0.444 e. The first-order valence-corrected chi connectivity index (χ1v) is 9.57. The second-order valence-corrected chi connectivity index (χ2v) is 8.11. The van der Waals surface area contributed by atoms with Crippen LogP contribution in [0.1, 0.15) is 46.5 Å². The van der Waals surface area contributed by atoms with Crippen molar-refractivity contribution in [2.24, 2.45) is 16.6 Å². The van der Waals surface area contributed by atoms with Crippen LogP contribution >= 0.6 is 24.0 Å². The molecule has 152 valence electrons. The Morgan fingerprint density at radius 1 is 1.23 bits per heavy atom. The van der Waals surface area contributed by atoms with Crippen LogP contribution in [0.4, 0.5) is 4.79 Å². The number of ether oxygens (including phenoxy) is 1. The van der Waals surface area contributed by atoms with Crippen LogP contribution < -0.4 is 11.1 Å². The third kappa shape index (κ3) is 8.75. The fourth-order valence-electron chi connectivity index (χ4n) is 2.96. The molecule has 8 heteroatoms. The minimum atomic E-state index is -0.431. The lowest BCUT2D eigenvalue weighted by Gasteiger charge is -2.35. The van der Waals surface area contributed by atoms with E-state index in [9.17, 15) is 4.79 Å². The molecule has 1 saturated carbocycles. The Hall–Kier alpha value is -0.770. The molecule has 2 fully saturated rings. The Bertz CT molecular complexity index is 455. The van der Waals surface area contributed by atoms with Gasteiger partial charge in [-0.25, -0.2) is 4.79 Å². The average Bonchev–Trinajstić information content (AvgIpc) is 2.49. The molecule has 1 aliphatic carbocycles. The van der Waals surface area contributed by atoms with E-state index in [1.54, 1.807) is 4.90 Å². The summed E-state index contributed by atoms with van der Waals surface area (Å²) in [5.74, 6) is 1.32. The standard InChI is InChI=1S/C18H35N5O2.HI/c1-18(2,3)25-17(24)23-12-10-22(11-13-23)9-5-8-20-16(19)21-14-15-6-4-7-15;/h15H,4-14H2,1-3H3,(H3,19,20,21);1H. The molecule has 26 heavy (non-hydrogen) atoms. The Labute approximate surface area is 175 Å². The molecule has 7 nitrogen and oxygen atoms in total. The van der Waals surface area contributed by atoms with Crippen molar-refractivity contribution in [2.45, 2.75) is 52.1 Å². The first kappa shape index (κ1) is 23.3. The maximum atomic E-state index is 12.0. The molecule has 0 radical (unpaired) electrons. The summed E-state index contributed by atoms with van der Waals surface area (Å²) in [5.41, 5.74) is 5.46. The normalized spacial score (nSPS) is 19.5. The van der Waals surface area contributed by atoms with Crippen molar-refractivity contribution in [3.8, 4) is 0 Å². The number of carbonyl (C=O) groups is 1. The van der Waals surface area contributed by atoms with Gasteiger partial charge in [-0.3, -0.25) is 9.89 Å². The van der Waals surface area contributed by atoms with Crippen molar-refractivity contribution in [3.63, 3.8) is 0 Å². The van der Waals surface area contributed by atoms with Crippen molar-refractivity contribution in [1.82, 2.24) is 15.1 Å². The third-order valence-electron chi connectivity index (χ3n) is 4.73. The summed E-state index contributed by atoms with van der Waals surface area (Å²) < 4.78 is 5.42. The molecule has 0 bridgehead atoms. The van der Waals surface area contributed by atoms with Crippen LogP contribution in [-0.2, 0) is 4.74 Å². The number of amides is 1. The molecule has 1 heterocycles. The highest BCUT2D eigenvalue weighted by atomic mass is 127. The Morgan fingerprint density at radius 2 is 1.88 bits per heavy atom. The van der Waals surface area contributed by atoms with Gasteiger partial charge in [-0.1, -0.05) is 6.42 Å². The highest BCUT2D eigenvalue weighted by molar-refractivity contribution is 14.0. The van der Waals surface area contributed by atoms with E-state index in [0.29, 0.717) is 5.96 Å². The van der Waals surface area contributed by atoms with E-state index >= 15 is 0 Å². The quantitative estimate of drug-likeness (QED) is 0.263. The number of aliphatic imine (C=N–C) groups is 1. The zero-order chi connectivity index (χ0) is 18.3. The Kier molecular flexibility index (Phi) is 9.99. The summed E-state index contributed by atoms with van der Waals surface area (Å²) in [6.45, 7) is 11.7.